The van der Waals surface area contributed by atoms with Crippen molar-refractivity contribution in [3.8, 4) is 5.75 Å². The fourth-order valence-electron chi connectivity index (χ4n) is 5.31. The number of hydrogen-bond donors (Lipinski definition) is 1. The second-order valence-electron chi connectivity index (χ2n) is 9.54. The van der Waals surface area contributed by atoms with Crippen LogP contribution in [-0.2, 0) is 13.1 Å². The van der Waals surface area contributed by atoms with E-state index in [2.05, 4.69) is 43.4 Å². The molecule has 0 aliphatic heterocycles. The van der Waals surface area contributed by atoms with E-state index >= 15 is 0 Å². The first kappa shape index (κ1) is 24.1. The number of nitrogens with zero attached hydrogens (tertiary/aromatic N) is 6. The molecule has 0 amide bonds. The van der Waals surface area contributed by atoms with Gasteiger partial charge in [-0.05, 0) is 65.6 Å². The molecule has 1 N–H and O–H groups in total. The number of nitrogens with one attached hydrogen (secondary N) is 1. The molecule has 9 heteroatoms. The van der Waals surface area contributed by atoms with Crippen LogP contribution in [0.4, 0.5) is 0 Å². The molecule has 1 aliphatic carbocycles. The lowest BCUT2D eigenvalue weighted by Gasteiger charge is -2.32. The van der Waals surface area contributed by atoms with Crippen molar-refractivity contribution in [3.05, 3.63) is 76.1 Å². The topological polar surface area (TPSA) is 102 Å². The molecular weight excluding hydrogens is 454 g/mol. The predicted octanol–water partition coefficient (Wildman–Crippen LogP) is 4.58. The van der Waals surface area contributed by atoms with E-state index in [1.54, 1.807) is 13.3 Å². The van der Waals surface area contributed by atoms with Gasteiger partial charge in [0.05, 0.1) is 19.2 Å². The van der Waals surface area contributed by atoms with E-state index < -0.39 is 0 Å². The molecule has 0 saturated heterocycles. The zero-order valence-corrected chi connectivity index (χ0v) is 20.9. The van der Waals surface area contributed by atoms with Gasteiger partial charge in [0.25, 0.3) is 5.56 Å². The van der Waals surface area contributed by atoms with Crippen molar-refractivity contribution in [3.63, 3.8) is 0 Å². The average Bonchev–Trinajstić information content (AvgIpc) is 3.40. The largest absolute Gasteiger partial charge is 0.497 e. The summed E-state index contributed by atoms with van der Waals surface area (Å²) in [4.78, 5) is 22.8. The summed E-state index contributed by atoms with van der Waals surface area (Å²) >= 11 is 0. The first-order valence-electron chi connectivity index (χ1n) is 12.8. The van der Waals surface area contributed by atoms with E-state index in [9.17, 15) is 4.79 Å². The quantitative estimate of drug-likeness (QED) is 0.369. The molecule has 3 heterocycles. The molecule has 4 aromatic rings. The van der Waals surface area contributed by atoms with Crippen LogP contribution >= 0.6 is 0 Å². The Kier molecular flexibility index (Phi) is 7.36. The number of tetrazole rings is 1. The molecule has 1 fully saturated rings. The van der Waals surface area contributed by atoms with E-state index in [1.165, 1.54) is 19.3 Å². The number of aromatic amines is 1. The Morgan fingerprint density at radius 3 is 2.78 bits per heavy atom. The third kappa shape index (κ3) is 5.16. The lowest BCUT2D eigenvalue weighted by molar-refractivity contribution is 0.155. The number of ether oxygens (including phenoxy) is 1. The number of hydrogen-bond acceptors (Lipinski definition) is 7. The van der Waals surface area contributed by atoms with Gasteiger partial charge in [0, 0.05) is 41.9 Å². The van der Waals surface area contributed by atoms with Gasteiger partial charge in [-0.1, -0.05) is 32.3 Å². The summed E-state index contributed by atoms with van der Waals surface area (Å²) in [5, 5.41) is 13.9. The molecular formula is C27H33N7O2. The molecule has 0 bridgehead atoms. The Balaban J connectivity index is 1.52. The molecule has 1 aliphatic rings. The van der Waals surface area contributed by atoms with E-state index in [-0.39, 0.29) is 11.6 Å². The van der Waals surface area contributed by atoms with Crippen molar-refractivity contribution in [2.45, 2.75) is 70.6 Å². The van der Waals surface area contributed by atoms with Crippen molar-refractivity contribution in [1.29, 1.82) is 0 Å². The number of aromatic nitrogens is 6. The van der Waals surface area contributed by atoms with Crippen LogP contribution in [0.5, 0.6) is 5.75 Å². The monoisotopic (exact) mass is 487 g/mol. The van der Waals surface area contributed by atoms with E-state index in [1.807, 2.05) is 41.2 Å². The Morgan fingerprint density at radius 2 is 2.03 bits per heavy atom. The van der Waals surface area contributed by atoms with E-state index in [0.29, 0.717) is 24.7 Å². The minimum absolute atomic E-state index is 0.0532. The van der Waals surface area contributed by atoms with Gasteiger partial charge in [-0.15, -0.1) is 5.10 Å². The minimum Gasteiger partial charge on any atom is -0.497 e. The van der Waals surface area contributed by atoms with Crippen LogP contribution in [0.1, 0.15) is 74.5 Å². The van der Waals surface area contributed by atoms with Crippen LogP contribution in [0.2, 0.25) is 0 Å². The molecule has 5 rings (SSSR count). The first-order chi connectivity index (χ1) is 17.7. The summed E-state index contributed by atoms with van der Waals surface area (Å²) in [5.41, 5.74) is 2.46. The van der Waals surface area contributed by atoms with Crippen LogP contribution in [-0.4, -0.2) is 42.2 Å². The zero-order valence-electron chi connectivity index (χ0n) is 20.9. The second kappa shape index (κ2) is 11.0. The highest BCUT2D eigenvalue weighted by molar-refractivity contribution is 5.80. The molecule has 36 heavy (non-hydrogen) atoms. The predicted molar refractivity (Wildman–Crippen MR) is 138 cm³/mol. The van der Waals surface area contributed by atoms with Gasteiger partial charge in [-0.25, -0.2) is 4.68 Å². The summed E-state index contributed by atoms with van der Waals surface area (Å²) in [6.45, 7) is 3.23. The molecule has 1 atom stereocenters. The Hall–Kier alpha value is -3.59. The third-order valence-corrected chi connectivity index (χ3v) is 7.17. The smallest absolute Gasteiger partial charge is 0.252 e. The highest BCUT2D eigenvalue weighted by Gasteiger charge is 2.29. The van der Waals surface area contributed by atoms with Gasteiger partial charge in [-0.3, -0.25) is 14.7 Å². The number of benzene rings is 1. The molecule has 1 aromatic carbocycles. The summed E-state index contributed by atoms with van der Waals surface area (Å²) in [5.74, 6) is 1.62. The maximum atomic E-state index is 13.1. The fourth-order valence-corrected chi connectivity index (χ4v) is 5.31. The van der Waals surface area contributed by atoms with Crippen molar-refractivity contribution in [2.75, 3.05) is 7.11 Å². The van der Waals surface area contributed by atoms with Gasteiger partial charge in [0.1, 0.15) is 5.75 Å². The van der Waals surface area contributed by atoms with Crippen LogP contribution in [0, 0.1) is 0 Å². The van der Waals surface area contributed by atoms with Crippen molar-refractivity contribution < 1.29 is 4.74 Å². The highest BCUT2D eigenvalue weighted by Crippen LogP contribution is 2.32. The SMILES string of the molecule is CC[C@@H](c1nnnn1C1CCCCC1)N(Cc1cccnc1)Cc1cc2cc(OC)ccc2[nH]c1=O. The first-order valence-corrected chi connectivity index (χ1v) is 12.8. The minimum atomic E-state index is -0.0921. The summed E-state index contributed by atoms with van der Waals surface area (Å²) in [6, 6.07) is 11.9. The summed E-state index contributed by atoms with van der Waals surface area (Å²) in [6.07, 6.45) is 10.3. The number of fused-ring (bicyclic) bond motifs is 1. The zero-order chi connectivity index (χ0) is 24.9. The normalized spacial score (nSPS) is 15.4. The number of H-pyrrole nitrogens is 1. The fraction of sp³-hybridized carbons (Fsp3) is 0.444. The maximum Gasteiger partial charge on any atom is 0.252 e. The van der Waals surface area contributed by atoms with Gasteiger partial charge in [0.2, 0.25) is 0 Å². The Labute approximate surface area is 210 Å². The Bertz CT molecular complexity index is 1350. The van der Waals surface area contributed by atoms with Crippen LogP contribution in [0.25, 0.3) is 10.9 Å². The molecule has 188 valence electrons. The Morgan fingerprint density at radius 1 is 1.17 bits per heavy atom. The molecule has 0 unspecified atom stereocenters. The third-order valence-electron chi connectivity index (χ3n) is 7.17. The van der Waals surface area contributed by atoms with Gasteiger partial charge < -0.3 is 9.72 Å². The van der Waals surface area contributed by atoms with Gasteiger partial charge >= 0.3 is 0 Å². The van der Waals surface area contributed by atoms with Crippen LogP contribution < -0.4 is 10.3 Å². The lowest BCUT2D eigenvalue weighted by Crippen LogP contribution is -2.33. The second-order valence-corrected chi connectivity index (χ2v) is 9.54. The number of pyridine rings is 2. The van der Waals surface area contributed by atoms with Crippen LogP contribution in [0.15, 0.2) is 53.6 Å². The summed E-state index contributed by atoms with van der Waals surface area (Å²) in [7, 11) is 1.64. The lowest BCUT2D eigenvalue weighted by atomic mass is 9.95. The summed E-state index contributed by atoms with van der Waals surface area (Å²) < 4.78 is 7.43. The van der Waals surface area contributed by atoms with E-state index in [4.69, 9.17) is 4.74 Å². The molecule has 9 nitrogen and oxygen atoms in total. The van der Waals surface area contributed by atoms with Gasteiger partial charge in [0.15, 0.2) is 5.82 Å². The molecule has 3 aromatic heterocycles. The molecule has 1 saturated carbocycles. The molecule has 0 spiro atoms. The van der Waals surface area contributed by atoms with Crippen molar-refractivity contribution in [2.24, 2.45) is 0 Å². The standard InChI is InChI=1S/C27H33N7O2/c1-3-25(26-30-31-32-34(26)22-9-5-4-6-10-22)33(17-19-8-7-13-28-16-19)18-21-14-20-15-23(36-2)11-12-24(20)29-27(21)35/h7-8,11-16,22,25H,3-6,9-10,17-18H2,1-2H3,(H,29,35)/t25-/m0/s1. The van der Waals surface area contributed by atoms with Crippen molar-refractivity contribution in [1.82, 2.24) is 35.1 Å². The number of methoxy groups -OCH3 is 1. The average molecular weight is 488 g/mol. The van der Waals surface area contributed by atoms with E-state index in [0.717, 1.165) is 47.3 Å². The highest BCUT2D eigenvalue weighted by atomic mass is 16.5. The maximum absolute atomic E-state index is 13.1. The molecule has 0 radical (unpaired) electrons. The van der Waals surface area contributed by atoms with Crippen LogP contribution in [0.3, 0.4) is 0 Å². The number of rotatable bonds is 9. The van der Waals surface area contributed by atoms with Crippen molar-refractivity contribution >= 4 is 10.9 Å². The van der Waals surface area contributed by atoms with Gasteiger partial charge in [-0.2, -0.15) is 0 Å².